The molecule has 3 aliphatic rings. The summed E-state index contributed by atoms with van der Waals surface area (Å²) in [7, 11) is 0. The third-order valence-electron chi connectivity index (χ3n) is 6.83. The van der Waals surface area contributed by atoms with Crippen molar-refractivity contribution in [1.29, 1.82) is 0 Å². The lowest BCUT2D eigenvalue weighted by Crippen LogP contribution is -2.41. The number of ketones is 1. The molecule has 0 heterocycles. The maximum absolute atomic E-state index is 13.5. The van der Waals surface area contributed by atoms with Gasteiger partial charge in [-0.25, -0.2) is 13.2 Å². The van der Waals surface area contributed by atoms with Gasteiger partial charge in [-0.1, -0.05) is 0 Å². The number of benzene rings is 1. The molecule has 5 unspecified atom stereocenters. The molecule has 0 saturated heterocycles. The average molecular weight is 336 g/mol. The topological polar surface area (TPSA) is 17.1 Å². The van der Waals surface area contributed by atoms with E-state index in [1.54, 1.807) is 0 Å². The second-order valence-corrected chi connectivity index (χ2v) is 8.02. The van der Waals surface area contributed by atoms with Gasteiger partial charge in [0.2, 0.25) is 0 Å². The molecule has 0 spiro atoms. The van der Waals surface area contributed by atoms with Crippen LogP contribution >= 0.6 is 0 Å². The molecule has 0 aromatic heterocycles. The quantitative estimate of drug-likeness (QED) is 0.629. The van der Waals surface area contributed by atoms with Crippen molar-refractivity contribution in [2.24, 2.45) is 23.7 Å². The van der Waals surface area contributed by atoms with Crippen LogP contribution in [0.3, 0.4) is 0 Å². The standard InChI is InChI=1S/C20H23F3O/c21-18-9-14(10-19(22)20(18)23)11-3-5-16-12(7-11)1-2-13-8-15(24)4-6-17(13)16/h9-13,16-17H,1-8H2. The lowest BCUT2D eigenvalue weighted by atomic mass is 9.56. The van der Waals surface area contributed by atoms with Crippen LogP contribution in [0.25, 0.3) is 0 Å². The number of carbonyl (C=O) groups excluding carboxylic acids is 1. The fourth-order valence-electron chi connectivity index (χ4n) is 5.71. The smallest absolute Gasteiger partial charge is 0.194 e. The highest BCUT2D eigenvalue weighted by atomic mass is 19.2. The molecule has 3 fully saturated rings. The Labute approximate surface area is 140 Å². The first-order valence-corrected chi connectivity index (χ1v) is 9.19. The van der Waals surface area contributed by atoms with Crippen molar-refractivity contribution in [2.75, 3.05) is 0 Å². The first-order valence-electron chi connectivity index (χ1n) is 9.19. The van der Waals surface area contributed by atoms with Crippen LogP contribution in [-0.2, 0) is 4.79 Å². The molecule has 0 amide bonds. The second-order valence-electron chi connectivity index (χ2n) is 8.02. The summed E-state index contributed by atoms with van der Waals surface area (Å²) >= 11 is 0. The van der Waals surface area contributed by atoms with E-state index in [2.05, 4.69) is 0 Å². The van der Waals surface area contributed by atoms with Gasteiger partial charge >= 0.3 is 0 Å². The first kappa shape index (κ1) is 16.2. The van der Waals surface area contributed by atoms with Crippen molar-refractivity contribution >= 4 is 5.78 Å². The largest absolute Gasteiger partial charge is 0.300 e. The van der Waals surface area contributed by atoms with E-state index in [4.69, 9.17) is 0 Å². The van der Waals surface area contributed by atoms with E-state index in [-0.39, 0.29) is 5.92 Å². The maximum atomic E-state index is 13.5. The molecule has 3 aliphatic carbocycles. The van der Waals surface area contributed by atoms with Crippen LogP contribution in [-0.4, -0.2) is 5.78 Å². The summed E-state index contributed by atoms with van der Waals surface area (Å²) < 4.78 is 40.3. The van der Waals surface area contributed by atoms with E-state index >= 15 is 0 Å². The number of Topliss-reactive ketones (excluding diaryl/α,β-unsaturated/α-hetero) is 1. The summed E-state index contributed by atoms with van der Waals surface area (Å²) in [6.07, 6.45) is 7.63. The van der Waals surface area contributed by atoms with Gasteiger partial charge in [0.25, 0.3) is 0 Å². The molecular weight excluding hydrogens is 313 g/mol. The Kier molecular flexibility index (Phi) is 4.17. The van der Waals surface area contributed by atoms with E-state index in [1.807, 2.05) is 0 Å². The maximum Gasteiger partial charge on any atom is 0.194 e. The summed E-state index contributed by atoms with van der Waals surface area (Å²) in [6.45, 7) is 0. The lowest BCUT2D eigenvalue weighted by Gasteiger charge is -2.49. The minimum Gasteiger partial charge on any atom is -0.300 e. The molecule has 1 aromatic carbocycles. The molecule has 4 heteroatoms. The highest BCUT2D eigenvalue weighted by Crippen LogP contribution is 2.53. The van der Waals surface area contributed by atoms with E-state index in [1.165, 1.54) is 12.1 Å². The number of halogens is 3. The van der Waals surface area contributed by atoms with Crippen molar-refractivity contribution in [3.05, 3.63) is 35.1 Å². The average Bonchev–Trinajstić information content (AvgIpc) is 2.58. The predicted molar refractivity (Wildman–Crippen MR) is 85.0 cm³/mol. The van der Waals surface area contributed by atoms with Crippen molar-refractivity contribution in [2.45, 2.75) is 57.3 Å². The Bertz CT molecular complexity index is 633. The summed E-state index contributed by atoms with van der Waals surface area (Å²) in [5.74, 6) is -0.548. The summed E-state index contributed by atoms with van der Waals surface area (Å²) in [4.78, 5) is 11.7. The number of fused-ring (bicyclic) bond motifs is 3. The Morgan fingerprint density at radius 3 is 2.25 bits per heavy atom. The van der Waals surface area contributed by atoms with Crippen LogP contribution in [0.4, 0.5) is 13.2 Å². The number of hydrogen-bond acceptors (Lipinski definition) is 1. The van der Waals surface area contributed by atoms with Crippen LogP contribution in [0.1, 0.15) is 62.8 Å². The minimum atomic E-state index is -1.38. The van der Waals surface area contributed by atoms with Gasteiger partial charge in [-0.3, -0.25) is 4.79 Å². The van der Waals surface area contributed by atoms with Crippen molar-refractivity contribution < 1.29 is 18.0 Å². The van der Waals surface area contributed by atoms with Crippen molar-refractivity contribution in [1.82, 2.24) is 0 Å². The van der Waals surface area contributed by atoms with Crippen molar-refractivity contribution in [3.63, 3.8) is 0 Å². The third-order valence-corrected chi connectivity index (χ3v) is 6.83. The minimum absolute atomic E-state index is 0.123. The molecule has 0 N–H and O–H groups in total. The molecule has 4 rings (SSSR count). The molecule has 5 atom stereocenters. The van der Waals surface area contributed by atoms with Gasteiger partial charge in [-0.15, -0.1) is 0 Å². The molecule has 0 aliphatic heterocycles. The zero-order chi connectivity index (χ0) is 16.8. The van der Waals surface area contributed by atoms with Gasteiger partial charge in [-0.05, 0) is 85.8 Å². The molecule has 24 heavy (non-hydrogen) atoms. The molecular formula is C20H23F3O. The molecule has 3 saturated carbocycles. The van der Waals surface area contributed by atoms with Gasteiger partial charge in [0, 0.05) is 12.8 Å². The van der Waals surface area contributed by atoms with E-state index < -0.39 is 17.5 Å². The second kappa shape index (κ2) is 6.20. The Morgan fingerprint density at radius 1 is 0.833 bits per heavy atom. The number of carbonyl (C=O) groups is 1. The van der Waals surface area contributed by atoms with Gasteiger partial charge in [0.05, 0.1) is 0 Å². The van der Waals surface area contributed by atoms with E-state index in [0.717, 1.165) is 51.4 Å². The van der Waals surface area contributed by atoms with Crippen LogP contribution in [0.15, 0.2) is 12.1 Å². The molecule has 1 aromatic rings. The lowest BCUT2D eigenvalue weighted by molar-refractivity contribution is -0.125. The molecule has 130 valence electrons. The van der Waals surface area contributed by atoms with Gasteiger partial charge < -0.3 is 0 Å². The fraction of sp³-hybridized carbons (Fsp3) is 0.650. The summed E-state index contributed by atoms with van der Waals surface area (Å²) in [5.41, 5.74) is 0.603. The van der Waals surface area contributed by atoms with Crippen LogP contribution in [0, 0.1) is 41.1 Å². The molecule has 0 radical (unpaired) electrons. The predicted octanol–water partition coefficient (Wildman–Crippen LogP) is 5.38. The zero-order valence-electron chi connectivity index (χ0n) is 13.7. The van der Waals surface area contributed by atoms with Gasteiger partial charge in [-0.2, -0.15) is 0 Å². The first-order chi connectivity index (χ1) is 11.5. The van der Waals surface area contributed by atoms with Gasteiger partial charge in [0.1, 0.15) is 5.78 Å². The van der Waals surface area contributed by atoms with Crippen LogP contribution < -0.4 is 0 Å². The van der Waals surface area contributed by atoms with Gasteiger partial charge in [0.15, 0.2) is 17.5 Å². The van der Waals surface area contributed by atoms with Crippen LogP contribution in [0.5, 0.6) is 0 Å². The molecule has 1 nitrogen and oxygen atoms in total. The normalized spacial score (nSPS) is 36.1. The number of rotatable bonds is 1. The highest BCUT2D eigenvalue weighted by molar-refractivity contribution is 5.79. The third kappa shape index (κ3) is 2.78. The Hall–Kier alpha value is -1.32. The fourth-order valence-corrected chi connectivity index (χ4v) is 5.71. The monoisotopic (exact) mass is 336 g/mol. The summed E-state index contributed by atoms with van der Waals surface area (Å²) in [5, 5.41) is 0. The van der Waals surface area contributed by atoms with E-state index in [0.29, 0.717) is 35.0 Å². The molecule has 0 bridgehead atoms. The van der Waals surface area contributed by atoms with E-state index in [9.17, 15) is 18.0 Å². The Morgan fingerprint density at radius 2 is 1.50 bits per heavy atom. The highest BCUT2D eigenvalue weighted by Gasteiger charge is 2.44. The zero-order valence-corrected chi connectivity index (χ0v) is 13.7. The van der Waals surface area contributed by atoms with Crippen LogP contribution in [0.2, 0.25) is 0 Å². The number of hydrogen-bond donors (Lipinski definition) is 0. The SMILES string of the molecule is O=C1CCC2C(CCC3CC(c4cc(F)c(F)c(F)c4)CCC32)C1. The Balaban J connectivity index is 1.50. The summed E-state index contributed by atoms with van der Waals surface area (Å²) in [6, 6.07) is 2.35. The van der Waals surface area contributed by atoms with Crippen molar-refractivity contribution in [3.8, 4) is 0 Å².